The summed E-state index contributed by atoms with van der Waals surface area (Å²) in [5.74, 6) is 0.547. The lowest BCUT2D eigenvalue weighted by atomic mass is 10.2. The smallest absolute Gasteiger partial charge is 0.320 e. The molecule has 92 valence electrons. The molecule has 1 aliphatic heterocycles. The molecule has 2 aliphatic rings. The highest BCUT2D eigenvalue weighted by Gasteiger charge is 2.35. The van der Waals surface area contributed by atoms with Crippen LogP contribution >= 0.6 is 0 Å². The van der Waals surface area contributed by atoms with Crippen LogP contribution in [0.25, 0.3) is 0 Å². The first-order chi connectivity index (χ1) is 7.68. The third-order valence-electron chi connectivity index (χ3n) is 3.08. The van der Waals surface area contributed by atoms with Crippen molar-refractivity contribution < 1.29 is 9.53 Å². The van der Waals surface area contributed by atoms with Gasteiger partial charge in [0.15, 0.2) is 0 Å². The highest BCUT2D eigenvalue weighted by Crippen LogP contribution is 2.28. The Kier molecular flexibility index (Phi) is 3.69. The van der Waals surface area contributed by atoms with Gasteiger partial charge in [-0.2, -0.15) is 0 Å². The van der Waals surface area contributed by atoms with Crippen LogP contribution in [0.5, 0.6) is 0 Å². The second kappa shape index (κ2) is 5.04. The third kappa shape index (κ3) is 2.88. The van der Waals surface area contributed by atoms with E-state index < -0.39 is 0 Å². The molecule has 4 heteroatoms. The zero-order chi connectivity index (χ0) is 11.5. The second-order valence-corrected chi connectivity index (χ2v) is 5.16. The predicted octanol–water partition coefficient (Wildman–Crippen LogP) is 1.56. The average Bonchev–Trinajstić information content (AvgIpc) is 3.10. The summed E-state index contributed by atoms with van der Waals surface area (Å²) in [7, 11) is 0. The number of morpholine rings is 1. The van der Waals surface area contributed by atoms with E-state index in [9.17, 15) is 4.79 Å². The molecular formula is C12H22N2O2. The highest BCUT2D eigenvalue weighted by atomic mass is 16.5. The number of hydrogen-bond donors (Lipinski definition) is 0. The lowest BCUT2D eigenvalue weighted by Gasteiger charge is -2.34. The molecule has 2 amide bonds. The average molecular weight is 226 g/mol. The molecule has 0 N–H and O–H groups in total. The summed E-state index contributed by atoms with van der Waals surface area (Å²) in [5.41, 5.74) is 0. The van der Waals surface area contributed by atoms with E-state index in [1.165, 1.54) is 12.8 Å². The standard InChI is InChI=1S/C12H22N2O2/c1-10(2)9-14(11-3-4-11)12(15)13-5-7-16-8-6-13/h10-11H,3-9H2,1-2H3. The van der Waals surface area contributed by atoms with Gasteiger partial charge >= 0.3 is 6.03 Å². The van der Waals surface area contributed by atoms with Gasteiger partial charge in [0.05, 0.1) is 13.2 Å². The third-order valence-corrected chi connectivity index (χ3v) is 3.08. The highest BCUT2D eigenvalue weighted by molar-refractivity contribution is 5.75. The van der Waals surface area contributed by atoms with Crippen molar-refractivity contribution in [2.45, 2.75) is 32.7 Å². The fraction of sp³-hybridized carbons (Fsp3) is 0.917. The van der Waals surface area contributed by atoms with E-state index in [0.717, 1.165) is 19.6 Å². The van der Waals surface area contributed by atoms with E-state index in [1.807, 2.05) is 4.90 Å². The molecule has 0 unspecified atom stereocenters. The Morgan fingerprint density at radius 1 is 1.38 bits per heavy atom. The summed E-state index contributed by atoms with van der Waals surface area (Å²) in [4.78, 5) is 16.3. The maximum absolute atomic E-state index is 12.3. The molecule has 0 aromatic heterocycles. The topological polar surface area (TPSA) is 32.8 Å². The molecule has 1 heterocycles. The van der Waals surface area contributed by atoms with Crippen molar-refractivity contribution in [1.29, 1.82) is 0 Å². The van der Waals surface area contributed by atoms with Gasteiger partial charge < -0.3 is 14.5 Å². The molecule has 2 fully saturated rings. The van der Waals surface area contributed by atoms with Gasteiger partial charge in [0.2, 0.25) is 0 Å². The number of rotatable bonds is 3. The second-order valence-electron chi connectivity index (χ2n) is 5.16. The van der Waals surface area contributed by atoms with Crippen molar-refractivity contribution in [2.75, 3.05) is 32.8 Å². The summed E-state index contributed by atoms with van der Waals surface area (Å²) in [6, 6.07) is 0.734. The van der Waals surface area contributed by atoms with Crippen LogP contribution in [0.15, 0.2) is 0 Å². The van der Waals surface area contributed by atoms with Crippen LogP contribution in [-0.2, 0) is 4.74 Å². The molecule has 2 rings (SSSR count). The maximum atomic E-state index is 12.3. The van der Waals surface area contributed by atoms with Gasteiger partial charge in [-0.15, -0.1) is 0 Å². The molecule has 0 aromatic carbocycles. The SMILES string of the molecule is CC(C)CN(C(=O)N1CCOCC1)C1CC1. The quantitative estimate of drug-likeness (QED) is 0.731. The maximum Gasteiger partial charge on any atom is 0.320 e. The Morgan fingerprint density at radius 2 is 2.00 bits per heavy atom. The monoisotopic (exact) mass is 226 g/mol. The molecular weight excluding hydrogens is 204 g/mol. The predicted molar refractivity (Wildman–Crippen MR) is 62.4 cm³/mol. The minimum absolute atomic E-state index is 0.222. The van der Waals surface area contributed by atoms with Crippen molar-refractivity contribution in [3.05, 3.63) is 0 Å². The Labute approximate surface area is 97.5 Å². The fourth-order valence-electron chi connectivity index (χ4n) is 2.10. The van der Waals surface area contributed by atoms with Crippen LogP contribution in [0.1, 0.15) is 26.7 Å². The summed E-state index contributed by atoms with van der Waals surface area (Å²) < 4.78 is 5.27. The van der Waals surface area contributed by atoms with Gasteiger partial charge in [0, 0.05) is 25.7 Å². The minimum Gasteiger partial charge on any atom is -0.378 e. The largest absolute Gasteiger partial charge is 0.378 e. The van der Waals surface area contributed by atoms with Crippen LogP contribution in [-0.4, -0.2) is 54.7 Å². The van der Waals surface area contributed by atoms with Crippen LogP contribution in [0.2, 0.25) is 0 Å². The number of ether oxygens (including phenoxy) is 1. The van der Waals surface area contributed by atoms with Crippen molar-refractivity contribution in [3.63, 3.8) is 0 Å². The number of carbonyl (C=O) groups is 1. The van der Waals surface area contributed by atoms with Crippen LogP contribution in [0.4, 0.5) is 4.79 Å². The van der Waals surface area contributed by atoms with Crippen molar-refractivity contribution >= 4 is 6.03 Å². The number of urea groups is 1. The number of nitrogens with zero attached hydrogens (tertiary/aromatic N) is 2. The zero-order valence-corrected chi connectivity index (χ0v) is 10.3. The van der Waals surface area contributed by atoms with Crippen LogP contribution < -0.4 is 0 Å². The van der Waals surface area contributed by atoms with Gasteiger partial charge in [-0.1, -0.05) is 13.8 Å². The fourth-order valence-corrected chi connectivity index (χ4v) is 2.10. The summed E-state index contributed by atoms with van der Waals surface area (Å²) >= 11 is 0. The lowest BCUT2D eigenvalue weighted by molar-refractivity contribution is 0.0415. The Hall–Kier alpha value is -0.770. The molecule has 0 atom stereocenters. The van der Waals surface area contributed by atoms with Crippen molar-refractivity contribution in [1.82, 2.24) is 9.80 Å². The van der Waals surface area contributed by atoms with Crippen LogP contribution in [0.3, 0.4) is 0 Å². The Bertz CT molecular complexity index is 245. The summed E-state index contributed by atoms with van der Waals surface area (Å²) in [6.45, 7) is 8.10. The van der Waals surface area contributed by atoms with Crippen molar-refractivity contribution in [2.24, 2.45) is 5.92 Å². The lowest BCUT2D eigenvalue weighted by Crippen LogP contribution is -2.49. The van der Waals surface area contributed by atoms with E-state index in [1.54, 1.807) is 0 Å². The number of carbonyl (C=O) groups excluding carboxylic acids is 1. The number of hydrogen-bond acceptors (Lipinski definition) is 2. The van der Waals surface area contributed by atoms with E-state index >= 15 is 0 Å². The molecule has 16 heavy (non-hydrogen) atoms. The van der Waals surface area contributed by atoms with Gasteiger partial charge in [0.25, 0.3) is 0 Å². The van der Waals surface area contributed by atoms with E-state index in [2.05, 4.69) is 18.7 Å². The molecule has 0 radical (unpaired) electrons. The van der Waals surface area contributed by atoms with E-state index in [-0.39, 0.29) is 6.03 Å². The summed E-state index contributed by atoms with van der Waals surface area (Å²) in [5, 5.41) is 0. The minimum atomic E-state index is 0.222. The first-order valence-corrected chi connectivity index (χ1v) is 6.32. The molecule has 1 saturated heterocycles. The zero-order valence-electron chi connectivity index (χ0n) is 10.3. The van der Waals surface area contributed by atoms with Gasteiger partial charge in [-0.3, -0.25) is 0 Å². The van der Waals surface area contributed by atoms with E-state index in [0.29, 0.717) is 25.2 Å². The van der Waals surface area contributed by atoms with Gasteiger partial charge in [-0.25, -0.2) is 4.79 Å². The summed E-state index contributed by atoms with van der Waals surface area (Å²) in [6.07, 6.45) is 2.37. The normalized spacial score (nSPS) is 21.3. The molecule has 0 bridgehead atoms. The molecule has 0 spiro atoms. The first-order valence-electron chi connectivity index (χ1n) is 6.32. The molecule has 4 nitrogen and oxygen atoms in total. The van der Waals surface area contributed by atoms with Crippen molar-refractivity contribution in [3.8, 4) is 0 Å². The van der Waals surface area contributed by atoms with Gasteiger partial charge in [0.1, 0.15) is 0 Å². The Balaban J connectivity index is 1.92. The van der Waals surface area contributed by atoms with Crippen LogP contribution in [0, 0.1) is 5.92 Å². The van der Waals surface area contributed by atoms with E-state index in [4.69, 9.17) is 4.74 Å². The molecule has 1 aliphatic carbocycles. The first kappa shape index (κ1) is 11.7. The Morgan fingerprint density at radius 3 is 2.50 bits per heavy atom. The van der Waals surface area contributed by atoms with Gasteiger partial charge in [-0.05, 0) is 18.8 Å². The number of amides is 2. The molecule has 1 saturated carbocycles. The molecule has 0 aromatic rings.